The van der Waals surface area contributed by atoms with Crippen LogP contribution in [0.1, 0.15) is 38.2 Å². The van der Waals surface area contributed by atoms with Gasteiger partial charge in [-0.05, 0) is 50.3 Å². The predicted octanol–water partition coefficient (Wildman–Crippen LogP) is 3.66. The molecule has 3 rings (SSSR count). The van der Waals surface area contributed by atoms with Crippen molar-refractivity contribution >= 4 is 17.6 Å². The molecule has 0 saturated carbocycles. The molecule has 1 aromatic carbocycles. The first kappa shape index (κ1) is 18.3. The molecule has 5 heteroatoms. The van der Waals surface area contributed by atoms with Crippen LogP contribution in [0.25, 0.3) is 0 Å². The molecule has 1 saturated heterocycles. The molecule has 136 valence electrons. The van der Waals surface area contributed by atoms with E-state index in [4.69, 9.17) is 21.3 Å². The quantitative estimate of drug-likeness (QED) is 0.478. The van der Waals surface area contributed by atoms with Gasteiger partial charge in [-0.25, -0.2) is 0 Å². The zero-order valence-corrected chi connectivity index (χ0v) is 15.7. The smallest absolute Gasteiger partial charge is 0.191 e. The number of hydrogen-bond donors (Lipinski definition) is 2. The fraction of sp³-hybridized carbons (Fsp3) is 0.550. The molecule has 2 aliphatic rings. The Hall–Kier alpha value is -1.52. The number of aliphatic imine (C=N–C) groups is 1. The Kier molecular flexibility index (Phi) is 6.38. The van der Waals surface area contributed by atoms with Crippen LogP contribution in [0.5, 0.6) is 0 Å². The molecule has 0 radical (unpaired) electrons. The topological polar surface area (TPSA) is 45.7 Å². The Labute approximate surface area is 155 Å². The van der Waals surface area contributed by atoms with Crippen molar-refractivity contribution in [2.75, 3.05) is 26.3 Å². The number of nitrogens with zero attached hydrogens (tertiary/aromatic N) is 1. The highest BCUT2D eigenvalue weighted by molar-refractivity contribution is 6.30. The number of guanidine groups is 1. The minimum atomic E-state index is -0.000568. The van der Waals surface area contributed by atoms with Crippen molar-refractivity contribution in [3.8, 4) is 0 Å². The number of hydrogen-bond acceptors (Lipinski definition) is 2. The van der Waals surface area contributed by atoms with E-state index in [9.17, 15) is 0 Å². The van der Waals surface area contributed by atoms with Crippen LogP contribution < -0.4 is 10.6 Å². The monoisotopic (exact) mass is 361 g/mol. The molecule has 0 spiro atoms. The first-order chi connectivity index (χ1) is 12.2. The maximum atomic E-state index is 6.25. The number of ether oxygens (including phenoxy) is 1. The van der Waals surface area contributed by atoms with Crippen molar-refractivity contribution in [2.45, 2.75) is 44.1 Å². The Bertz CT molecular complexity index is 615. The van der Waals surface area contributed by atoms with Crippen LogP contribution in [0, 0.1) is 0 Å². The lowest BCUT2D eigenvalue weighted by atomic mass is 9.74. The molecule has 1 aliphatic carbocycles. The summed E-state index contributed by atoms with van der Waals surface area (Å²) in [4.78, 5) is 4.95. The van der Waals surface area contributed by atoms with E-state index in [2.05, 4.69) is 41.8 Å². The van der Waals surface area contributed by atoms with Gasteiger partial charge < -0.3 is 15.4 Å². The lowest BCUT2D eigenvalue weighted by Gasteiger charge is -2.37. The maximum absolute atomic E-state index is 6.25. The van der Waals surface area contributed by atoms with Crippen LogP contribution in [0.15, 0.2) is 41.4 Å². The second-order valence-corrected chi connectivity index (χ2v) is 7.32. The van der Waals surface area contributed by atoms with Gasteiger partial charge in [0.25, 0.3) is 0 Å². The van der Waals surface area contributed by atoms with Crippen LogP contribution >= 0.6 is 11.6 Å². The van der Waals surface area contributed by atoms with E-state index >= 15 is 0 Å². The molecule has 0 aromatic heterocycles. The molecule has 2 N–H and O–H groups in total. The number of benzene rings is 1. The van der Waals surface area contributed by atoms with Crippen molar-refractivity contribution in [3.63, 3.8) is 0 Å². The third kappa shape index (κ3) is 4.77. The van der Waals surface area contributed by atoms with E-state index in [0.29, 0.717) is 6.04 Å². The van der Waals surface area contributed by atoms with E-state index in [1.807, 2.05) is 12.1 Å². The number of rotatable bonds is 5. The zero-order chi connectivity index (χ0) is 17.5. The molecule has 0 unspecified atom stereocenters. The first-order valence-electron chi connectivity index (χ1n) is 9.25. The van der Waals surface area contributed by atoms with Crippen molar-refractivity contribution in [2.24, 2.45) is 4.99 Å². The molecule has 1 aliphatic heterocycles. The van der Waals surface area contributed by atoms with Gasteiger partial charge in [0.1, 0.15) is 0 Å². The molecular formula is C20H28ClN3O. The molecule has 1 fully saturated rings. The summed E-state index contributed by atoms with van der Waals surface area (Å²) in [6, 6.07) is 8.68. The fourth-order valence-corrected chi connectivity index (χ4v) is 3.79. The third-order valence-electron chi connectivity index (χ3n) is 5.12. The Balaban J connectivity index is 1.78. The SMILES string of the molecule is CCNC(=NCC1(c2cccc(Cl)c2)CCOCC1)NC1CC=CC1. The second-order valence-electron chi connectivity index (χ2n) is 6.88. The lowest BCUT2D eigenvalue weighted by Crippen LogP contribution is -2.44. The zero-order valence-electron chi connectivity index (χ0n) is 14.9. The first-order valence-corrected chi connectivity index (χ1v) is 9.63. The molecule has 1 aromatic rings. The van der Waals surface area contributed by atoms with E-state index in [1.54, 1.807) is 0 Å². The van der Waals surface area contributed by atoms with Gasteiger partial charge in [-0.3, -0.25) is 4.99 Å². The average Bonchev–Trinajstić information content (AvgIpc) is 3.14. The molecule has 25 heavy (non-hydrogen) atoms. The van der Waals surface area contributed by atoms with Gasteiger partial charge in [0, 0.05) is 36.2 Å². The van der Waals surface area contributed by atoms with Gasteiger partial charge in [0.15, 0.2) is 5.96 Å². The molecule has 0 atom stereocenters. The van der Waals surface area contributed by atoms with Crippen molar-refractivity contribution in [1.82, 2.24) is 10.6 Å². The second kappa shape index (κ2) is 8.72. The molecule has 1 heterocycles. The molecule has 0 amide bonds. The van der Waals surface area contributed by atoms with Crippen molar-refractivity contribution in [1.29, 1.82) is 0 Å². The standard InChI is InChI=1S/C20H28ClN3O/c1-2-22-19(24-18-8-3-4-9-18)23-15-20(10-12-25-13-11-20)16-6-5-7-17(21)14-16/h3-7,14,18H,2,8-13,15H2,1H3,(H2,22,23,24). The number of halogens is 1. The fourth-order valence-electron chi connectivity index (χ4n) is 3.60. The summed E-state index contributed by atoms with van der Waals surface area (Å²) < 4.78 is 5.62. The van der Waals surface area contributed by atoms with E-state index in [1.165, 1.54) is 5.56 Å². The number of nitrogens with one attached hydrogen (secondary N) is 2. The van der Waals surface area contributed by atoms with Gasteiger partial charge in [-0.2, -0.15) is 0 Å². The van der Waals surface area contributed by atoms with Gasteiger partial charge in [0.2, 0.25) is 0 Å². The van der Waals surface area contributed by atoms with E-state index < -0.39 is 0 Å². The van der Waals surface area contributed by atoms with Crippen molar-refractivity contribution in [3.05, 3.63) is 47.0 Å². The highest BCUT2D eigenvalue weighted by Gasteiger charge is 2.34. The largest absolute Gasteiger partial charge is 0.381 e. The minimum Gasteiger partial charge on any atom is -0.381 e. The summed E-state index contributed by atoms with van der Waals surface area (Å²) in [6.07, 6.45) is 8.54. The summed E-state index contributed by atoms with van der Waals surface area (Å²) in [5.74, 6) is 0.907. The summed E-state index contributed by atoms with van der Waals surface area (Å²) in [5, 5.41) is 7.73. The highest BCUT2D eigenvalue weighted by Crippen LogP contribution is 2.36. The molecule has 0 bridgehead atoms. The maximum Gasteiger partial charge on any atom is 0.191 e. The van der Waals surface area contributed by atoms with Gasteiger partial charge in [-0.1, -0.05) is 35.9 Å². The lowest BCUT2D eigenvalue weighted by molar-refractivity contribution is 0.0531. The molecular weight excluding hydrogens is 334 g/mol. The highest BCUT2D eigenvalue weighted by atomic mass is 35.5. The van der Waals surface area contributed by atoms with E-state index in [-0.39, 0.29) is 5.41 Å². The van der Waals surface area contributed by atoms with Crippen LogP contribution in [-0.2, 0) is 10.2 Å². The van der Waals surface area contributed by atoms with Gasteiger partial charge in [0.05, 0.1) is 6.54 Å². The minimum absolute atomic E-state index is 0.000568. The Morgan fingerprint density at radius 2 is 2.04 bits per heavy atom. The van der Waals surface area contributed by atoms with Crippen LogP contribution in [0.2, 0.25) is 5.02 Å². The van der Waals surface area contributed by atoms with Crippen molar-refractivity contribution < 1.29 is 4.74 Å². The Morgan fingerprint density at radius 3 is 2.72 bits per heavy atom. The van der Waals surface area contributed by atoms with Crippen LogP contribution in [0.3, 0.4) is 0 Å². The van der Waals surface area contributed by atoms with Crippen LogP contribution in [-0.4, -0.2) is 38.3 Å². The summed E-state index contributed by atoms with van der Waals surface area (Å²) in [6.45, 7) is 5.26. The normalized spacial score (nSPS) is 20.6. The summed E-state index contributed by atoms with van der Waals surface area (Å²) in [5.41, 5.74) is 1.27. The summed E-state index contributed by atoms with van der Waals surface area (Å²) in [7, 11) is 0. The van der Waals surface area contributed by atoms with Crippen LogP contribution in [0.4, 0.5) is 0 Å². The van der Waals surface area contributed by atoms with E-state index in [0.717, 1.165) is 63.0 Å². The van der Waals surface area contributed by atoms with Gasteiger partial charge >= 0.3 is 0 Å². The molecule has 4 nitrogen and oxygen atoms in total. The predicted molar refractivity (Wildman–Crippen MR) is 104 cm³/mol. The third-order valence-corrected chi connectivity index (χ3v) is 5.35. The average molecular weight is 362 g/mol. The summed E-state index contributed by atoms with van der Waals surface area (Å²) >= 11 is 6.25. The van der Waals surface area contributed by atoms with Gasteiger partial charge in [-0.15, -0.1) is 0 Å². The Morgan fingerprint density at radius 1 is 1.28 bits per heavy atom.